The van der Waals surface area contributed by atoms with Crippen molar-refractivity contribution in [2.75, 3.05) is 5.75 Å². The number of hydrogen-bond donors (Lipinski definition) is 1. The molecule has 13 heavy (non-hydrogen) atoms. The number of hydrogen-bond acceptors (Lipinski definition) is 3. The number of nitrogens with two attached hydrogens (primary N) is 1. The van der Waals surface area contributed by atoms with Gasteiger partial charge in [0.05, 0.1) is 5.75 Å². The van der Waals surface area contributed by atoms with E-state index in [4.69, 9.17) is 5.73 Å². The van der Waals surface area contributed by atoms with Crippen molar-refractivity contribution in [2.24, 2.45) is 5.73 Å². The molecule has 4 nitrogen and oxygen atoms in total. The zero-order chi connectivity index (χ0) is 10.5. The SMILES string of the molecule is C=C(C(N)=O)S(=O)(=O)CCCCC. The second kappa shape index (κ2) is 5.01. The quantitative estimate of drug-likeness (QED) is 0.509. The van der Waals surface area contributed by atoms with E-state index in [1.54, 1.807) is 0 Å². The standard InChI is InChI=1S/C8H15NO3S/c1-3-4-5-6-13(11,12)7(2)8(9)10/h2-6H2,1H3,(H2,9,10). The molecule has 0 rings (SSSR count). The molecular weight excluding hydrogens is 190 g/mol. The Morgan fingerprint density at radius 3 is 2.31 bits per heavy atom. The van der Waals surface area contributed by atoms with E-state index < -0.39 is 20.6 Å². The Hall–Kier alpha value is -0.840. The summed E-state index contributed by atoms with van der Waals surface area (Å²) in [5, 5.41) is 0. The number of amides is 1. The molecule has 5 heteroatoms. The first-order valence-electron chi connectivity index (χ1n) is 4.13. The molecule has 0 aliphatic heterocycles. The predicted molar refractivity (Wildman–Crippen MR) is 51.6 cm³/mol. The van der Waals surface area contributed by atoms with Gasteiger partial charge >= 0.3 is 0 Å². The molecule has 1 amide bonds. The lowest BCUT2D eigenvalue weighted by Crippen LogP contribution is -2.22. The highest BCUT2D eigenvalue weighted by Gasteiger charge is 2.19. The fourth-order valence-electron chi connectivity index (χ4n) is 0.819. The normalized spacial score (nSPS) is 11.2. The first-order chi connectivity index (χ1) is 5.91. The summed E-state index contributed by atoms with van der Waals surface area (Å²) in [5.74, 6) is -1.00. The van der Waals surface area contributed by atoms with Gasteiger partial charge < -0.3 is 5.73 Å². The smallest absolute Gasteiger partial charge is 0.259 e. The van der Waals surface area contributed by atoms with Crippen molar-refractivity contribution in [1.29, 1.82) is 0 Å². The van der Waals surface area contributed by atoms with E-state index in [1.807, 2.05) is 6.92 Å². The summed E-state index contributed by atoms with van der Waals surface area (Å²) in [7, 11) is -3.50. The monoisotopic (exact) mass is 205 g/mol. The lowest BCUT2D eigenvalue weighted by Gasteiger charge is -2.02. The Kier molecular flexibility index (Phi) is 4.69. The predicted octanol–water partition coefficient (Wildman–Crippen LogP) is 0.590. The average Bonchev–Trinajstić information content (AvgIpc) is 2.03. The first kappa shape index (κ1) is 12.2. The Morgan fingerprint density at radius 1 is 1.38 bits per heavy atom. The van der Waals surface area contributed by atoms with E-state index in [2.05, 4.69) is 6.58 Å². The lowest BCUT2D eigenvalue weighted by atomic mass is 10.3. The molecule has 0 aromatic rings. The summed E-state index contributed by atoms with van der Waals surface area (Å²) >= 11 is 0. The van der Waals surface area contributed by atoms with Crippen molar-refractivity contribution in [3.63, 3.8) is 0 Å². The zero-order valence-electron chi connectivity index (χ0n) is 7.75. The molecule has 0 bridgehead atoms. The van der Waals surface area contributed by atoms with Gasteiger partial charge in [-0.25, -0.2) is 8.42 Å². The second-order valence-electron chi connectivity index (χ2n) is 2.81. The molecule has 0 heterocycles. The van der Waals surface area contributed by atoms with Gasteiger partial charge in [-0.1, -0.05) is 26.3 Å². The van der Waals surface area contributed by atoms with Gasteiger partial charge in [0.15, 0.2) is 9.84 Å². The molecule has 0 fully saturated rings. The average molecular weight is 205 g/mol. The van der Waals surface area contributed by atoms with Crippen LogP contribution in [0, 0.1) is 0 Å². The molecule has 0 atom stereocenters. The van der Waals surface area contributed by atoms with Gasteiger partial charge in [0.1, 0.15) is 4.91 Å². The molecule has 0 saturated carbocycles. The molecule has 0 saturated heterocycles. The summed E-state index contributed by atoms with van der Waals surface area (Å²) in [6.07, 6.45) is 2.30. The minimum Gasteiger partial charge on any atom is -0.365 e. The van der Waals surface area contributed by atoms with Gasteiger partial charge in [-0.05, 0) is 6.42 Å². The molecule has 0 unspecified atom stereocenters. The maximum absolute atomic E-state index is 11.2. The van der Waals surface area contributed by atoms with Crippen LogP contribution in [0.1, 0.15) is 26.2 Å². The van der Waals surface area contributed by atoms with Gasteiger partial charge in [0.2, 0.25) is 0 Å². The van der Waals surface area contributed by atoms with E-state index in [-0.39, 0.29) is 5.75 Å². The van der Waals surface area contributed by atoms with Crippen LogP contribution in [0.25, 0.3) is 0 Å². The largest absolute Gasteiger partial charge is 0.365 e. The lowest BCUT2D eigenvalue weighted by molar-refractivity contribution is -0.113. The number of carbonyl (C=O) groups excluding carboxylic acids is 1. The number of sulfone groups is 1. The maximum Gasteiger partial charge on any atom is 0.259 e. The zero-order valence-corrected chi connectivity index (χ0v) is 8.56. The molecule has 2 N–H and O–H groups in total. The summed E-state index contributed by atoms with van der Waals surface area (Å²) in [6, 6.07) is 0. The van der Waals surface area contributed by atoms with E-state index in [0.717, 1.165) is 12.8 Å². The topological polar surface area (TPSA) is 77.2 Å². The molecular formula is C8H15NO3S. The van der Waals surface area contributed by atoms with Crippen LogP contribution in [0.4, 0.5) is 0 Å². The van der Waals surface area contributed by atoms with Crippen LogP contribution in [0.5, 0.6) is 0 Å². The number of primary amides is 1. The van der Waals surface area contributed by atoms with Crippen LogP contribution >= 0.6 is 0 Å². The fourth-order valence-corrected chi connectivity index (χ4v) is 1.96. The number of unbranched alkanes of at least 4 members (excludes halogenated alkanes) is 2. The minimum absolute atomic E-state index is 0.0391. The van der Waals surface area contributed by atoms with Crippen molar-refractivity contribution in [1.82, 2.24) is 0 Å². The Bertz CT molecular complexity index is 293. The molecule has 0 aromatic heterocycles. The van der Waals surface area contributed by atoms with E-state index in [9.17, 15) is 13.2 Å². The van der Waals surface area contributed by atoms with Crippen molar-refractivity contribution in [2.45, 2.75) is 26.2 Å². The number of carbonyl (C=O) groups is 1. The molecule has 0 aliphatic carbocycles. The summed E-state index contributed by atoms with van der Waals surface area (Å²) in [4.78, 5) is 10.0. The highest BCUT2D eigenvalue weighted by molar-refractivity contribution is 7.96. The minimum atomic E-state index is -3.50. The molecule has 0 aromatic carbocycles. The van der Waals surface area contributed by atoms with Crippen LogP contribution < -0.4 is 5.73 Å². The van der Waals surface area contributed by atoms with Gasteiger partial charge in [0.25, 0.3) is 5.91 Å². The molecule has 76 valence electrons. The summed E-state index contributed by atoms with van der Waals surface area (Å²) < 4.78 is 22.5. The van der Waals surface area contributed by atoms with E-state index >= 15 is 0 Å². The van der Waals surface area contributed by atoms with Crippen molar-refractivity contribution in [3.05, 3.63) is 11.5 Å². The van der Waals surface area contributed by atoms with Crippen LogP contribution in [-0.4, -0.2) is 20.1 Å². The maximum atomic E-state index is 11.2. The third kappa shape index (κ3) is 4.07. The second-order valence-corrected chi connectivity index (χ2v) is 4.94. The fraction of sp³-hybridized carbons (Fsp3) is 0.625. The van der Waals surface area contributed by atoms with Gasteiger partial charge in [-0.15, -0.1) is 0 Å². The highest BCUT2D eigenvalue weighted by Crippen LogP contribution is 2.07. The Labute approximate surface area is 78.7 Å². The van der Waals surface area contributed by atoms with Crippen LogP contribution in [0.2, 0.25) is 0 Å². The molecule has 0 radical (unpaired) electrons. The Morgan fingerprint density at radius 2 is 1.92 bits per heavy atom. The third-order valence-corrected chi connectivity index (χ3v) is 3.45. The van der Waals surface area contributed by atoms with Crippen LogP contribution in [0.15, 0.2) is 11.5 Å². The molecule has 0 spiro atoms. The van der Waals surface area contributed by atoms with Gasteiger partial charge in [-0.2, -0.15) is 0 Å². The van der Waals surface area contributed by atoms with Gasteiger partial charge in [-0.3, -0.25) is 4.79 Å². The highest BCUT2D eigenvalue weighted by atomic mass is 32.2. The van der Waals surface area contributed by atoms with Crippen molar-refractivity contribution < 1.29 is 13.2 Å². The number of rotatable bonds is 6. The van der Waals surface area contributed by atoms with Crippen LogP contribution in [-0.2, 0) is 14.6 Å². The van der Waals surface area contributed by atoms with Gasteiger partial charge in [0, 0.05) is 0 Å². The summed E-state index contributed by atoms with van der Waals surface area (Å²) in [6.45, 7) is 5.11. The third-order valence-electron chi connectivity index (χ3n) is 1.67. The molecule has 0 aliphatic rings. The van der Waals surface area contributed by atoms with Crippen molar-refractivity contribution in [3.8, 4) is 0 Å². The van der Waals surface area contributed by atoms with Crippen molar-refractivity contribution >= 4 is 15.7 Å². The summed E-state index contributed by atoms with van der Waals surface area (Å²) in [5.41, 5.74) is 4.81. The first-order valence-corrected chi connectivity index (χ1v) is 5.78. The Balaban J connectivity index is 4.25. The van der Waals surface area contributed by atoms with E-state index in [0.29, 0.717) is 6.42 Å². The van der Waals surface area contributed by atoms with Crippen LogP contribution in [0.3, 0.4) is 0 Å². The van der Waals surface area contributed by atoms with E-state index in [1.165, 1.54) is 0 Å².